The molecule has 1 aliphatic heterocycles. The Morgan fingerprint density at radius 2 is 1.91 bits per heavy atom. The number of likely N-dealkylation sites (tertiary alicyclic amines) is 1. The van der Waals surface area contributed by atoms with E-state index in [9.17, 15) is 14.0 Å². The first-order valence-electron chi connectivity index (χ1n) is 7.79. The second kappa shape index (κ2) is 6.98. The van der Waals surface area contributed by atoms with E-state index in [1.54, 1.807) is 11.0 Å². The Bertz CT molecular complexity index is 575. The van der Waals surface area contributed by atoms with Crippen LogP contribution in [0.5, 0.6) is 0 Å². The predicted octanol–water partition coefficient (Wildman–Crippen LogP) is 2.96. The zero-order chi connectivity index (χ0) is 17.0. The van der Waals surface area contributed by atoms with Gasteiger partial charge in [-0.25, -0.2) is 9.18 Å². The molecule has 1 saturated heterocycles. The number of halogens is 1. The number of carbonyl (C=O) groups excluding carboxylic acids is 2. The third-order valence-corrected chi connectivity index (χ3v) is 3.57. The highest BCUT2D eigenvalue weighted by molar-refractivity contribution is 5.94. The number of rotatable bonds is 2. The number of nitrogens with zero attached hydrogens (tertiary/aromatic N) is 1. The number of nitrogens with one attached hydrogen (secondary N) is 1. The average molecular weight is 322 g/mol. The largest absolute Gasteiger partial charge is 0.444 e. The summed E-state index contributed by atoms with van der Waals surface area (Å²) < 4.78 is 18.4. The van der Waals surface area contributed by atoms with Crippen LogP contribution in [0.1, 0.15) is 44.0 Å². The molecule has 0 aliphatic carbocycles. The molecule has 2 rings (SSSR count). The monoisotopic (exact) mass is 322 g/mol. The molecule has 0 spiro atoms. The maximum Gasteiger partial charge on any atom is 0.407 e. The summed E-state index contributed by atoms with van der Waals surface area (Å²) >= 11 is 0. The minimum Gasteiger partial charge on any atom is -0.444 e. The maximum absolute atomic E-state index is 13.2. The number of alkyl carbamates (subject to hydrolysis) is 1. The molecule has 0 saturated carbocycles. The smallest absolute Gasteiger partial charge is 0.407 e. The van der Waals surface area contributed by atoms with Gasteiger partial charge in [0.05, 0.1) is 0 Å². The van der Waals surface area contributed by atoms with Gasteiger partial charge in [-0.2, -0.15) is 0 Å². The minimum atomic E-state index is -0.530. The number of benzene rings is 1. The van der Waals surface area contributed by atoms with Gasteiger partial charge in [-0.05, 0) is 51.8 Å². The molecule has 0 unspecified atom stereocenters. The fraction of sp³-hybridized carbons (Fsp3) is 0.529. The summed E-state index contributed by atoms with van der Waals surface area (Å²) in [6.07, 6.45) is 0.869. The summed E-state index contributed by atoms with van der Waals surface area (Å²) in [5.74, 6) is -0.599. The third kappa shape index (κ3) is 5.23. The Hall–Kier alpha value is -2.11. The number of amides is 2. The van der Waals surface area contributed by atoms with Gasteiger partial charge in [0.1, 0.15) is 11.4 Å². The van der Waals surface area contributed by atoms with Crippen LogP contribution in [0.3, 0.4) is 0 Å². The van der Waals surface area contributed by atoms with Crippen molar-refractivity contribution >= 4 is 12.0 Å². The van der Waals surface area contributed by atoms with Crippen molar-refractivity contribution in [3.05, 3.63) is 35.6 Å². The average Bonchev–Trinajstić information content (AvgIpc) is 2.45. The maximum atomic E-state index is 13.2. The first-order chi connectivity index (χ1) is 10.7. The zero-order valence-electron chi connectivity index (χ0n) is 13.8. The molecule has 0 bridgehead atoms. The summed E-state index contributed by atoms with van der Waals surface area (Å²) in [5.41, 5.74) is -0.179. The lowest BCUT2D eigenvalue weighted by Crippen LogP contribution is -2.47. The molecule has 1 aromatic rings. The standard InChI is InChI=1S/C17H23FN2O3/c1-17(2,3)23-16(22)19-14-7-9-20(10-8-14)15(21)12-5-4-6-13(18)11-12/h4-6,11,14H,7-10H2,1-3H3,(H,19,22). The summed E-state index contributed by atoms with van der Waals surface area (Å²) in [7, 11) is 0. The molecule has 23 heavy (non-hydrogen) atoms. The van der Waals surface area contributed by atoms with E-state index in [1.807, 2.05) is 20.8 Å². The quantitative estimate of drug-likeness (QED) is 0.911. The van der Waals surface area contributed by atoms with Gasteiger partial charge in [0, 0.05) is 24.7 Å². The van der Waals surface area contributed by atoms with Gasteiger partial charge < -0.3 is 15.0 Å². The van der Waals surface area contributed by atoms with Crippen LogP contribution < -0.4 is 5.32 Å². The molecule has 2 amide bonds. The van der Waals surface area contributed by atoms with E-state index in [1.165, 1.54) is 18.2 Å². The van der Waals surface area contributed by atoms with E-state index in [0.29, 0.717) is 31.5 Å². The van der Waals surface area contributed by atoms with Crippen molar-refractivity contribution in [2.45, 2.75) is 45.3 Å². The zero-order valence-corrected chi connectivity index (χ0v) is 13.8. The number of carbonyl (C=O) groups is 2. The number of piperidine rings is 1. The normalized spacial score (nSPS) is 16.1. The molecule has 1 aliphatic rings. The topological polar surface area (TPSA) is 58.6 Å². The van der Waals surface area contributed by atoms with Gasteiger partial charge in [0.15, 0.2) is 0 Å². The van der Waals surface area contributed by atoms with Gasteiger partial charge in [0.25, 0.3) is 5.91 Å². The van der Waals surface area contributed by atoms with Crippen LogP contribution in [0.2, 0.25) is 0 Å². The highest BCUT2D eigenvalue weighted by atomic mass is 19.1. The second-order valence-electron chi connectivity index (χ2n) is 6.72. The summed E-state index contributed by atoms with van der Waals surface area (Å²) in [4.78, 5) is 25.7. The van der Waals surface area contributed by atoms with Crippen LogP contribution in [-0.2, 0) is 4.74 Å². The van der Waals surface area contributed by atoms with Crippen molar-refractivity contribution in [2.24, 2.45) is 0 Å². The van der Waals surface area contributed by atoms with Crippen molar-refractivity contribution in [2.75, 3.05) is 13.1 Å². The number of ether oxygens (including phenoxy) is 1. The van der Waals surface area contributed by atoms with Crippen molar-refractivity contribution in [1.82, 2.24) is 10.2 Å². The minimum absolute atomic E-state index is 0.0126. The van der Waals surface area contributed by atoms with Gasteiger partial charge in [0.2, 0.25) is 0 Å². The van der Waals surface area contributed by atoms with Crippen LogP contribution in [0.4, 0.5) is 9.18 Å². The molecule has 5 nitrogen and oxygen atoms in total. The van der Waals surface area contributed by atoms with Gasteiger partial charge >= 0.3 is 6.09 Å². The lowest BCUT2D eigenvalue weighted by atomic mass is 10.0. The van der Waals surface area contributed by atoms with Crippen LogP contribution in [0, 0.1) is 5.82 Å². The van der Waals surface area contributed by atoms with Crippen LogP contribution in [0.15, 0.2) is 24.3 Å². The van der Waals surface area contributed by atoms with E-state index in [2.05, 4.69) is 5.32 Å². The molecular formula is C17H23FN2O3. The Morgan fingerprint density at radius 1 is 1.26 bits per heavy atom. The summed E-state index contributed by atoms with van der Waals surface area (Å²) in [5, 5.41) is 2.82. The van der Waals surface area contributed by atoms with Crippen molar-refractivity contribution in [3.8, 4) is 0 Å². The van der Waals surface area contributed by atoms with Crippen LogP contribution in [0.25, 0.3) is 0 Å². The van der Waals surface area contributed by atoms with Crippen molar-refractivity contribution in [3.63, 3.8) is 0 Å². The Balaban J connectivity index is 1.84. The van der Waals surface area contributed by atoms with Gasteiger partial charge in [-0.3, -0.25) is 4.79 Å². The molecule has 6 heteroatoms. The second-order valence-corrected chi connectivity index (χ2v) is 6.72. The van der Waals surface area contributed by atoms with E-state index in [-0.39, 0.29) is 11.9 Å². The number of hydrogen-bond donors (Lipinski definition) is 1. The fourth-order valence-electron chi connectivity index (χ4n) is 2.51. The lowest BCUT2D eigenvalue weighted by molar-refractivity contribution is 0.0473. The molecular weight excluding hydrogens is 299 g/mol. The van der Waals surface area contributed by atoms with Crippen molar-refractivity contribution in [1.29, 1.82) is 0 Å². The Kier molecular flexibility index (Phi) is 5.23. The fourth-order valence-corrected chi connectivity index (χ4v) is 2.51. The molecule has 0 radical (unpaired) electrons. The lowest BCUT2D eigenvalue weighted by Gasteiger charge is -2.33. The molecule has 0 atom stereocenters. The molecule has 1 N–H and O–H groups in total. The Labute approximate surface area is 135 Å². The first-order valence-corrected chi connectivity index (χ1v) is 7.79. The number of hydrogen-bond acceptors (Lipinski definition) is 3. The van der Waals surface area contributed by atoms with Crippen LogP contribution >= 0.6 is 0 Å². The van der Waals surface area contributed by atoms with Gasteiger partial charge in [-0.1, -0.05) is 6.07 Å². The highest BCUT2D eigenvalue weighted by Gasteiger charge is 2.26. The van der Waals surface area contributed by atoms with Gasteiger partial charge in [-0.15, -0.1) is 0 Å². The highest BCUT2D eigenvalue weighted by Crippen LogP contribution is 2.15. The van der Waals surface area contributed by atoms with Crippen LogP contribution in [-0.4, -0.2) is 41.6 Å². The third-order valence-electron chi connectivity index (χ3n) is 3.57. The SMILES string of the molecule is CC(C)(C)OC(=O)NC1CCN(C(=O)c2cccc(F)c2)CC1. The van der Waals surface area contributed by atoms with Crippen molar-refractivity contribution < 1.29 is 18.7 Å². The molecule has 1 fully saturated rings. The molecule has 126 valence electrons. The van der Waals surface area contributed by atoms with E-state index < -0.39 is 17.5 Å². The van der Waals surface area contributed by atoms with E-state index in [0.717, 1.165) is 0 Å². The summed E-state index contributed by atoms with van der Waals surface area (Å²) in [6, 6.07) is 5.68. The van der Waals surface area contributed by atoms with E-state index in [4.69, 9.17) is 4.74 Å². The Morgan fingerprint density at radius 3 is 2.48 bits per heavy atom. The molecule has 1 aromatic carbocycles. The first kappa shape index (κ1) is 17.2. The molecule has 1 heterocycles. The predicted molar refractivity (Wildman–Crippen MR) is 84.7 cm³/mol. The van der Waals surface area contributed by atoms with E-state index >= 15 is 0 Å². The summed E-state index contributed by atoms with van der Waals surface area (Å²) in [6.45, 7) is 6.48. The molecule has 0 aromatic heterocycles.